The number of hydrogen-bond acceptors (Lipinski definition) is 6. The molecule has 4 rings (SSSR count). The second kappa shape index (κ2) is 13.5. The molecule has 0 spiro atoms. The second-order valence-electron chi connectivity index (χ2n) is 9.97. The fraction of sp³-hybridized carbons (Fsp3) is 0.400. The first kappa shape index (κ1) is 31.2. The minimum atomic E-state index is -4.73. The van der Waals surface area contributed by atoms with Gasteiger partial charge >= 0.3 is 6.18 Å². The Hall–Kier alpha value is -3.70. The first-order chi connectivity index (χ1) is 20.1. The molecule has 0 unspecified atom stereocenters. The fourth-order valence-electron chi connectivity index (χ4n) is 5.15. The summed E-state index contributed by atoms with van der Waals surface area (Å²) in [6, 6.07) is 10.4. The minimum Gasteiger partial charge on any atom is -0.363 e. The highest BCUT2D eigenvalue weighted by molar-refractivity contribution is 6.30. The predicted octanol–water partition coefficient (Wildman–Crippen LogP) is 5.07. The summed E-state index contributed by atoms with van der Waals surface area (Å²) in [7, 11) is 1.79. The lowest BCUT2D eigenvalue weighted by Crippen LogP contribution is -2.55. The van der Waals surface area contributed by atoms with E-state index in [9.17, 15) is 22.8 Å². The molecule has 0 bridgehead atoms. The minimum absolute atomic E-state index is 0.0936. The molecule has 1 aliphatic rings. The lowest BCUT2D eigenvalue weighted by atomic mass is 10.0. The third-order valence-electron chi connectivity index (χ3n) is 7.32. The summed E-state index contributed by atoms with van der Waals surface area (Å²) in [6.07, 6.45) is -1.73. The number of carbonyl (C=O) groups is 2. The van der Waals surface area contributed by atoms with Crippen LogP contribution >= 0.6 is 11.6 Å². The van der Waals surface area contributed by atoms with Crippen molar-refractivity contribution in [3.8, 4) is 11.3 Å². The monoisotopic (exact) mass is 602 g/mol. The van der Waals surface area contributed by atoms with Crippen LogP contribution in [-0.2, 0) is 12.6 Å². The van der Waals surface area contributed by atoms with Crippen molar-refractivity contribution in [2.24, 2.45) is 0 Å². The summed E-state index contributed by atoms with van der Waals surface area (Å²) in [4.78, 5) is 39.4. The second-order valence-corrected chi connectivity index (χ2v) is 10.4. The quantitative estimate of drug-likeness (QED) is 0.333. The third kappa shape index (κ3) is 6.84. The van der Waals surface area contributed by atoms with Crippen LogP contribution in [0.3, 0.4) is 0 Å². The number of pyridine rings is 2. The molecule has 3 aromatic rings. The number of halogens is 4. The number of benzene rings is 1. The van der Waals surface area contributed by atoms with E-state index in [-0.39, 0.29) is 35.8 Å². The van der Waals surface area contributed by atoms with Gasteiger partial charge in [-0.2, -0.15) is 13.2 Å². The van der Waals surface area contributed by atoms with Crippen molar-refractivity contribution in [2.45, 2.75) is 38.9 Å². The van der Waals surface area contributed by atoms with E-state index in [2.05, 4.69) is 15.6 Å². The van der Waals surface area contributed by atoms with Gasteiger partial charge in [-0.25, -0.2) is 4.98 Å². The Kier molecular flexibility index (Phi) is 10.1. The number of aromatic nitrogens is 2. The van der Waals surface area contributed by atoms with Gasteiger partial charge in [-0.3, -0.25) is 14.6 Å². The van der Waals surface area contributed by atoms with Gasteiger partial charge in [-0.05, 0) is 62.4 Å². The third-order valence-corrected chi connectivity index (χ3v) is 7.55. The number of likely N-dealkylation sites (N-methyl/N-ethyl adjacent to an activating group) is 1. The Morgan fingerprint density at radius 3 is 2.57 bits per heavy atom. The molecule has 2 aromatic heterocycles. The van der Waals surface area contributed by atoms with Gasteiger partial charge in [-0.15, -0.1) is 0 Å². The number of nitrogens with zero attached hydrogens (tertiary/aromatic N) is 4. The highest BCUT2D eigenvalue weighted by atomic mass is 35.5. The fourth-order valence-corrected chi connectivity index (χ4v) is 5.32. The maximum atomic E-state index is 13.7. The van der Waals surface area contributed by atoms with Crippen LogP contribution in [0.25, 0.3) is 11.3 Å². The highest BCUT2D eigenvalue weighted by Crippen LogP contribution is 2.35. The van der Waals surface area contributed by atoms with Crippen LogP contribution in [0.4, 0.5) is 18.9 Å². The maximum absolute atomic E-state index is 13.7. The first-order valence-electron chi connectivity index (χ1n) is 13.9. The normalized spacial score (nSPS) is 15.5. The van der Waals surface area contributed by atoms with E-state index < -0.39 is 23.2 Å². The number of rotatable bonds is 9. The van der Waals surface area contributed by atoms with Gasteiger partial charge in [0.25, 0.3) is 11.8 Å². The molecular weight excluding hydrogens is 569 g/mol. The molecule has 1 atom stereocenters. The molecule has 2 amide bonds. The molecule has 3 heterocycles. The van der Waals surface area contributed by atoms with E-state index in [1.807, 2.05) is 43.0 Å². The Balaban J connectivity index is 1.66. The SMILES string of the molecule is CCc1ncccc1-c1ccc(N2CCN(C(=O)c3ccc(Cl)cc3C(F)(F)F)C[C@H]2CC)c(C(=O)NCCNC)n1. The number of amides is 2. The molecular formula is C30H34ClF3N6O2. The zero-order valence-corrected chi connectivity index (χ0v) is 24.5. The predicted molar refractivity (Wildman–Crippen MR) is 157 cm³/mol. The summed E-state index contributed by atoms with van der Waals surface area (Å²) in [6.45, 7) is 5.57. The Morgan fingerprint density at radius 2 is 1.88 bits per heavy atom. The van der Waals surface area contributed by atoms with Gasteiger partial charge in [-0.1, -0.05) is 25.4 Å². The average molecular weight is 603 g/mol. The van der Waals surface area contributed by atoms with Gasteiger partial charge in [0, 0.05) is 61.2 Å². The van der Waals surface area contributed by atoms with Gasteiger partial charge in [0.1, 0.15) is 0 Å². The van der Waals surface area contributed by atoms with Crippen LogP contribution in [0, 0.1) is 0 Å². The number of piperazine rings is 1. The number of carbonyl (C=O) groups excluding carboxylic acids is 2. The van der Waals surface area contributed by atoms with Crippen molar-refractivity contribution in [3.63, 3.8) is 0 Å². The van der Waals surface area contributed by atoms with E-state index in [1.54, 1.807) is 13.2 Å². The summed E-state index contributed by atoms with van der Waals surface area (Å²) in [5.41, 5.74) is 1.66. The summed E-state index contributed by atoms with van der Waals surface area (Å²) >= 11 is 5.82. The molecule has 1 saturated heterocycles. The molecule has 8 nitrogen and oxygen atoms in total. The molecule has 224 valence electrons. The molecule has 1 fully saturated rings. The van der Waals surface area contributed by atoms with Gasteiger partial charge in [0.2, 0.25) is 0 Å². The standard InChI is InChI=1S/C30H34ClF3N6O2/c1-4-20-18-39(29(42)21-9-8-19(31)17-23(21)30(32,33)34)15-16-40(20)26-11-10-25(22-7-6-12-36-24(22)5-2)38-27(26)28(41)37-14-13-35-3/h6-12,17,20,35H,4-5,13-16,18H2,1-3H3,(H,37,41)/t20-/m1/s1. The molecule has 0 aliphatic carbocycles. The first-order valence-corrected chi connectivity index (χ1v) is 14.3. The zero-order chi connectivity index (χ0) is 30.4. The molecule has 0 radical (unpaired) electrons. The van der Waals surface area contributed by atoms with Gasteiger partial charge in [0.15, 0.2) is 5.69 Å². The summed E-state index contributed by atoms with van der Waals surface area (Å²) in [5, 5.41) is 5.81. The van der Waals surface area contributed by atoms with E-state index >= 15 is 0 Å². The van der Waals surface area contributed by atoms with E-state index in [4.69, 9.17) is 16.6 Å². The van der Waals surface area contributed by atoms with Crippen molar-refractivity contribution < 1.29 is 22.8 Å². The van der Waals surface area contributed by atoms with Crippen LogP contribution in [0.5, 0.6) is 0 Å². The van der Waals surface area contributed by atoms with Crippen LogP contribution < -0.4 is 15.5 Å². The van der Waals surface area contributed by atoms with Crippen molar-refractivity contribution >= 4 is 29.1 Å². The lowest BCUT2D eigenvalue weighted by molar-refractivity contribution is -0.138. The van der Waals surface area contributed by atoms with Crippen LogP contribution in [0.1, 0.15) is 52.4 Å². The van der Waals surface area contributed by atoms with Gasteiger partial charge < -0.3 is 20.4 Å². The number of hydrogen-bond donors (Lipinski definition) is 2. The smallest absolute Gasteiger partial charge is 0.363 e. The van der Waals surface area contributed by atoms with Crippen molar-refractivity contribution in [1.82, 2.24) is 25.5 Å². The highest BCUT2D eigenvalue weighted by Gasteiger charge is 2.38. The maximum Gasteiger partial charge on any atom is 0.417 e. The number of anilines is 1. The van der Waals surface area contributed by atoms with E-state index in [0.29, 0.717) is 43.9 Å². The summed E-state index contributed by atoms with van der Waals surface area (Å²) in [5.74, 6) is -1.05. The van der Waals surface area contributed by atoms with Gasteiger partial charge in [0.05, 0.1) is 22.5 Å². The number of nitrogens with one attached hydrogen (secondary N) is 2. The topological polar surface area (TPSA) is 90.5 Å². The Morgan fingerprint density at radius 1 is 1.10 bits per heavy atom. The molecule has 2 N–H and O–H groups in total. The largest absolute Gasteiger partial charge is 0.417 e. The van der Waals surface area contributed by atoms with Crippen LogP contribution in [-0.4, -0.2) is 72.5 Å². The number of alkyl halides is 3. The molecule has 12 heteroatoms. The Labute approximate surface area is 248 Å². The molecule has 0 saturated carbocycles. The molecule has 1 aromatic carbocycles. The zero-order valence-electron chi connectivity index (χ0n) is 23.8. The van der Waals surface area contributed by atoms with Crippen LogP contribution in [0.15, 0.2) is 48.7 Å². The number of aryl methyl sites for hydroxylation is 1. The van der Waals surface area contributed by atoms with E-state index in [0.717, 1.165) is 23.4 Å². The van der Waals surface area contributed by atoms with Crippen molar-refractivity contribution in [3.05, 3.63) is 76.2 Å². The molecule has 42 heavy (non-hydrogen) atoms. The van der Waals surface area contributed by atoms with Crippen molar-refractivity contribution in [2.75, 3.05) is 44.7 Å². The Bertz CT molecular complexity index is 1430. The van der Waals surface area contributed by atoms with Crippen molar-refractivity contribution in [1.29, 1.82) is 0 Å². The lowest BCUT2D eigenvalue weighted by Gasteiger charge is -2.43. The average Bonchev–Trinajstić information content (AvgIpc) is 2.99. The molecule has 1 aliphatic heterocycles. The van der Waals surface area contributed by atoms with Crippen LogP contribution in [0.2, 0.25) is 5.02 Å². The van der Waals surface area contributed by atoms with E-state index in [1.165, 1.54) is 11.0 Å². The summed E-state index contributed by atoms with van der Waals surface area (Å²) < 4.78 is 41.2.